The molecule has 1 aromatic rings. The summed E-state index contributed by atoms with van der Waals surface area (Å²) in [5.41, 5.74) is 5.36. The predicted octanol–water partition coefficient (Wildman–Crippen LogP) is 1.76. The Morgan fingerprint density at radius 2 is 2.10 bits per heavy atom. The molecule has 0 spiro atoms. The highest BCUT2D eigenvalue weighted by atomic mass is 35.5. The normalized spacial score (nSPS) is 11.7. The van der Waals surface area contributed by atoms with E-state index < -0.39 is 30.1 Å². The summed E-state index contributed by atoms with van der Waals surface area (Å²) in [7, 11) is 1.36. The molecule has 114 valence electrons. The Kier molecular flexibility index (Phi) is 7.97. The first-order chi connectivity index (χ1) is 8.93. The van der Waals surface area contributed by atoms with Crippen molar-refractivity contribution < 1.29 is 27.4 Å². The molecule has 0 aliphatic heterocycles. The zero-order valence-corrected chi connectivity index (χ0v) is 11.3. The van der Waals surface area contributed by atoms with Crippen molar-refractivity contribution >= 4 is 24.0 Å². The van der Waals surface area contributed by atoms with Gasteiger partial charge < -0.3 is 20.5 Å². The van der Waals surface area contributed by atoms with Crippen molar-refractivity contribution in [3.8, 4) is 5.75 Å². The molecule has 0 aliphatic carbocycles. The predicted molar refractivity (Wildman–Crippen MR) is 68.8 cm³/mol. The molecule has 0 radical (unpaired) electrons. The summed E-state index contributed by atoms with van der Waals surface area (Å²) in [5.74, 6) is -1.91. The zero-order chi connectivity index (χ0) is 14.4. The summed E-state index contributed by atoms with van der Waals surface area (Å²) in [6.07, 6.45) is 0. The minimum atomic E-state index is -3.13. The first-order valence-corrected chi connectivity index (χ1v) is 5.23. The molecule has 1 atom stereocenters. The van der Waals surface area contributed by atoms with Crippen LogP contribution in [-0.4, -0.2) is 32.3 Å². The topological polar surface area (TPSA) is 73.6 Å². The van der Waals surface area contributed by atoms with Gasteiger partial charge in [-0.25, -0.2) is 4.39 Å². The smallest absolute Gasteiger partial charge is 0.387 e. The van der Waals surface area contributed by atoms with Crippen molar-refractivity contribution in [2.45, 2.75) is 12.7 Å². The number of nitrogens with two attached hydrogens (primary N) is 1. The van der Waals surface area contributed by atoms with Crippen LogP contribution in [0.4, 0.5) is 18.9 Å². The lowest BCUT2D eigenvalue weighted by Gasteiger charge is -2.14. The fourth-order valence-electron chi connectivity index (χ4n) is 1.27. The van der Waals surface area contributed by atoms with E-state index in [1.165, 1.54) is 7.11 Å². The van der Waals surface area contributed by atoms with E-state index in [1.807, 2.05) is 0 Å². The van der Waals surface area contributed by atoms with Gasteiger partial charge in [0.1, 0.15) is 11.9 Å². The molecule has 0 saturated heterocycles. The van der Waals surface area contributed by atoms with Gasteiger partial charge >= 0.3 is 6.61 Å². The Morgan fingerprint density at radius 3 is 2.65 bits per heavy atom. The minimum Gasteiger partial charge on any atom is -0.432 e. The van der Waals surface area contributed by atoms with E-state index in [-0.39, 0.29) is 24.7 Å². The molecule has 0 aliphatic rings. The standard InChI is InChI=1S/C11H13F3N2O3.ClH/c1-18-5-7(15)10(17)16-8-3-2-6(12)4-9(8)19-11(13)14;/h2-4,7,11H,5,15H2,1H3,(H,16,17);1H. The molecular weight excluding hydrogens is 301 g/mol. The Morgan fingerprint density at radius 1 is 1.45 bits per heavy atom. The molecule has 9 heteroatoms. The number of nitrogens with one attached hydrogen (secondary N) is 1. The van der Waals surface area contributed by atoms with E-state index in [4.69, 9.17) is 5.73 Å². The molecule has 0 fully saturated rings. The minimum absolute atomic E-state index is 0. The lowest BCUT2D eigenvalue weighted by atomic mass is 10.2. The summed E-state index contributed by atoms with van der Waals surface area (Å²) in [6, 6.07) is 1.86. The maximum absolute atomic E-state index is 12.9. The van der Waals surface area contributed by atoms with E-state index in [1.54, 1.807) is 0 Å². The van der Waals surface area contributed by atoms with Crippen molar-refractivity contribution in [1.29, 1.82) is 0 Å². The third-order valence-electron chi connectivity index (χ3n) is 2.10. The van der Waals surface area contributed by atoms with E-state index in [2.05, 4.69) is 14.8 Å². The van der Waals surface area contributed by atoms with Crippen LogP contribution in [0.25, 0.3) is 0 Å². The first kappa shape index (κ1) is 18.5. The lowest BCUT2D eigenvalue weighted by Crippen LogP contribution is -2.39. The third kappa shape index (κ3) is 5.64. The van der Waals surface area contributed by atoms with Crippen molar-refractivity contribution in [1.82, 2.24) is 0 Å². The molecule has 1 amide bonds. The number of rotatable bonds is 6. The van der Waals surface area contributed by atoms with Crippen LogP contribution < -0.4 is 15.8 Å². The first-order valence-electron chi connectivity index (χ1n) is 5.23. The van der Waals surface area contributed by atoms with Crippen molar-refractivity contribution in [3.63, 3.8) is 0 Å². The molecule has 20 heavy (non-hydrogen) atoms. The average Bonchev–Trinajstić information content (AvgIpc) is 2.32. The summed E-state index contributed by atoms with van der Waals surface area (Å²) < 4.78 is 46.0. The van der Waals surface area contributed by atoms with Gasteiger partial charge in [0.05, 0.1) is 12.3 Å². The number of alkyl halides is 2. The van der Waals surface area contributed by atoms with Gasteiger partial charge in [0, 0.05) is 13.2 Å². The SMILES string of the molecule is COCC(N)C(=O)Nc1ccc(F)cc1OC(F)F.Cl. The number of hydrogen-bond acceptors (Lipinski definition) is 4. The van der Waals surface area contributed by atoms with Gasteiger partial charge in [-0.1, -0.05) is 0 Å². The quantitative estimate of drug-likeness (QED) is 0.839. The largest absolute Gasteiger partial charge is 0.432 e. The van der Waals surface area contributed by atoms with Crippen LogP contribution >= 0.6 is 12.4 Å². The molecule has 5 nitrogen and oxygen atoms in total. The second-order valence-electron chi connectivity index (χ2n) is 3.57. The number of benzene rings is 1. The average molecular weight is 315 g/mol. The van der Waals surface area contributed by atoms with Crippen molar-refractivity contribution in [2.75, 3.05) is 19.0 Å². The number of hydrogen-bond donors (Lipinski definition) is 2. The monoisotopic (exact) mass is 314 g/mol. The van der Waals surface area contributed by atoms with E-state index >= 15 is 0 Å². The molecule has 3 N–H and O–H groups in total. The van der Waals surface area contributed by atoms with Gasteiger partial charge in [-0.2, -0.15) is 8.78 Å². The van der Waals surface area contributed by atoms with Crippen LogP contribution in [0.1, 0.15) is 0 Å². The summed E-state index contributed by atoms with van der Waals surface area (Å²) in [5, 5.41) is 2.26. The van der Waals surface area contributed by atoms with Crippen LogP contribution in [0.2, 0.25) is 0 Å². The van der Waals surface area contributed by atoms with Gasteiger partial charge in [-0.3, -0.25) is 4.79 Å². The molecule has 0 bridgehead atoms. The number of ether oxygens (including phenoxy) is 2. The Balaban J connectivity index is 0.00000361. The fourth-order valence-corrected chi connectivity index (χ4v) is 1.27. The number of carbonyl (C=O) groups excluding carboxylic acids is 1. The number of carbonyl (C=O) groups is 1. The van der Waals surface area contributed by atoms with Gasteiger partial charge in [0.25, 0.3) is 0 Å². The lowest BCUT2D eigenvalue weighted by molar-refractivity contribution is -0.118. The van der Waals surface area contributed by atoms with Crippen molar-refractivity contribution in [3.05, 3.63) is 24.0 Å². The Hall–Kier alpha value is -1.51. The van der Waals surface area contributed by atoms with E-state index in [0.717, 1.165) is 18.2 Å². The Bertz CT molecular complexity index is 449. The second kappa shape index (κ2) is 8.62. The highest BCUT2D eigenvalue weighted by Crippen LogP contribution is 2.27. The summed E-state index contributed by atoms with van der Waals surface area (Å²) in [4.78, 5) is 11.6. The molecule has 0 saturated carbocycles. The third-order valence-corrected chi connectivity index (χ3v) is 2.10. The number of anilines is 1. The Labute approximate surface area is 119 Å². The highest BCUT2D eigenvalue weighted by molar-refractivity contribution is 5.96. The molecule has 1 rings (SSSR count). The molecule has 0 aromatic heterocycles. The van der Waals surface area contributed by atoms with E-state index in [0.29, 0.717) is 0 Å². The molecule has 1 aromatic carbocycles. The van der Waals surface area contributed by atoms with Gasteiger partial charge in [-0.15, -0.1) is 12.4 Å². The second-order valence-corrected chi connectivity index (χ2v) is 3.57. The molecular formula is C11H14ClF3N2O3. The molecule has 1 unspecified atom stereocenters. The van der Waals surface area contributed by atoms with Crippen LogP contribution in [0.3, 0.4) is 0 Å². The maximum atomic E-state index is 12.9. The highest BCUT2D eigenvalue weighted by Gasteiger charge is 2.17. The van der Waals surface area contributed by atoms with Crippen LogP contribution in [0, 0.1) is 5.82 Å². The van der Waals surface area contributed by atoms with Crippen LogP contribution in [0.5, 0.6) is 5.75 Å². The number of halogens is 4. The number of amides is 1. The van der Waals surface area contributed by atoms with Gasteiger partial charge in [0.2, 0.25) is 5.91 Å². The fraction of sp³-hybridized carbons (Fsp3) is 0.364. The van der Waals surface area contributed by atoms with E-state index in [9.17, 15) is 18.0 Å². The van der Waals surface area contributed by atoms with Crippen molar-refractivity contribution in [2.24, 2.45) is 5.73 Å². The molecule has 0 heterocycles. The van der Waals surface area contributed by atoms with Gasteiger partial charge in [0.15, 0.2) is 5.75 Å². The van der Waals surface area contributed by atoms with Crippen LogP contribution in [0.15, 0.2) is 18.2 Å². The zero-order valence-electron chi connectivity index (χ0n) is 10.4. The van der Waals surface area contributed by atoms with Crippen LogP contribution in [-0.2, 0) is 9.53 Å². The summed E-state index contributed by atoms with van der Waals surface area (Å²) in [6.45, 7) is -3.18. The maximum Gasteiger partial charge on any atom is 0.387 e. The number of methoxy groups -OCH3 is 1. The summed E-state index contributed by atoms with van der Waals surface area (Å²) >= 11 is 0. The van der Waals surface area contributed by atoms with Gasteiger partial charge in [-0.05, 0) is 12.1 Å².